The number of amides is 1. The first-order valence-electron chi connectivity index (χ1n) is 5.03. The molecule has 2 aromatic rings. The number of carbonyl (C=O) groups is 1. The third kappa shape index (κ3) is 2.88. The van der Waals surface area contributed by atoms with Crippen LogP contribution in [0.3, 0.4) is 0 Å². The number of aryl methyl sites for hydroxylation is 1. The maximum Gasteiger partial charge on any atom is 0.270 e. The number of nitrogens with one attached hydrogen (secondary N) is 1. The van der Waals surface area contributed by atoms with E-state index in [9.17, 15) is 19.3 Å². The summed E-state index contributed by atoms with van der Waals surface area (Å²) in [5, 5.41) is 21.1. The molecule has 19 heavy (non-hydrogen) atoms. The van der Waals surface area contributed by atoms with Gasteiger partial charge < -0.3 is 0 Å². The van der Waals surface area contributed by atoms with Gasteiger partial charge in [0.1, 0.15) is 10.8 Å². The molecule has 0 spiro atoms. The van der Waals surface area contributed by atoms with E-state index in [0.29, 0.717) is 5.01 Å². The molecule has 2 rings (SSSR count). The molecule has 0 aliphatic heterocycles. The number of nitrogens with zero attached hydrogens (tertiary/aromatic N) is 3. The van der Waals surface area contributed by atoms with Crippen molar-refractivity contribution in [2.24, 2.45) is 0 Å². The summed E-state index contributed by atoms with van der Waals surface area (Å²) < 4.78 is 13.5. The normalized spacial score (nSPS) is 10.2. The molecule has 0 aliphatic carbocycles. The molecule has 1 heterocycles. The van der Waals surface area contributed by atoms with Gasteiger partial charge >= 0.3 is 0 Å². The van der Waals surface area contributed by atoms with Crippen LogP contribution in [0.5, 0.6) is 0 Å². The van der Waals surface area contributed by atoms with Crippen molar-refractivity contribution < 1.29 is 14.1 Å². The molecule has 0 saturated heterocycles. The van der Waals surface area contributed by atoms with Crippen molar-refractivity contribution in [2.45, 2.75) is 6.92 Å². The predicted molar refractivity (Wildman–Crippen MR) is 65.7 cm³/mol. The van der Waals surface area contributed by atoms with Crippen LogP contribution in [0.25, 0.3) is 0 Å². The van der Waals surface area contributed by atoms with Crippen molar-refractivity contribution >= 4 is 28.1 Å². The molecule has 1 amide bonds. The van der Waals surface area contributed by atoms with Gasteiger partial charge in [-0.15, -0.1) is 10.2 Å². The molecule has 98 valence electrons. The highest BCUT2D eigenvalue weighted by molar-refractivity contribution is 7.15. The fourth-order valence-corrected chi connectivity index (χ4v) is 1.90. The van der Waals surface area contributed by atoms with E-state index in [-0.39, 0.29) is 10.8 Å². The fourth-order valence-electron chi connectivity index (χ4n) is 1.31. The molecule has 0 saturated carbocycles. The van der Waals surface area contributed by atoms with Crippen molar-refractivity contribution in [2.75, 3.05) is 5.32 Å². The third-order valence-corrected chi connectivity index (χ3v) is 2.91. The first-order chi connectivity index (χ1) is 8.97. The van der Waals surface area contributed by atoms with Gasteiger partial charge in [-0.2, -0.15) is 0 Å². The molecule has 1 aromatic heterocycles. The molecule has 0 unspecified atom stereocenters. The van der Waals surface area contributed by atoms with Crippen molar-refractivity contribution in [3.05, 3.63) is 44.7 Å². The van der Waals surface area contributed by atoms with Crippen LogP contribution in [0.1, 0.15) is 15.4 Å². The van der Waals surface area contributed by atoms with E-state index in [4.69, 9.17) is 0 Å². The highest BCUT2D eigenvalue weighted by Crippen LogP contribution is 2.19. The molecule has 7 nitrogen and oxygen atoms in total. The Hall–Kier alpha value is -2.42. The molecule has 0 aliphatic rings. The van der Waals surface area contributed by atoms with Gasteiger partial charge in [0.15, 0.2) is 0 Å². The lowest BCUT2D eigenvalue weighted by Crippen LogP contribution is -2.14. The molecule has 0 bridgehead atoms. The van der Waals surface area contributed by atoms with Crippen LogP contribution in [0.4, 0.5) is 15.2 Å². The summed E-state index contributed by atoms with van der Waals surface area (Å²) in [4.78, 5) is 21.7. The van der Waals surface area contributed by atoms with Crippen LogP contribution >= 0.6 is 11.3 Å². The zero-order valence-electron chi connectivity index (χ0n) is 9.58. The minimum Gasteiger partial charge on any atom is -0.296 e. The molecule has 1 N–H and O–H groups in total. The third-order valence-electron chi connectivity index (χ3n) is 2.15. The average molecular weight is 282 g/mol. The smallest absolute Gasteiger partial charge is 0.270 e. The fraction of sp³-hybridized carbons (Fsp3) is 0.100. The van der Waals surface area contributed by atoms with Crippen molar-refractivity contribution in [3.63, 3.8) is 0 Å². The summed E-state index contributed by atoms with van der Waals surface area (Å²) in [6, 6.07) is 2.73. The van der Waals surface area contributed by atoms with Gasteiger partial charge in [0.2, 0.25) is 5.13 Å². The topological polar surface area (TPSA) is 98.0 Å². The lowest BCUT2D eigenvalue weighted by molar-refractivity contribution is -0.384. The predicted octanol–water partition coefficient (Wildman–Crippen LogP) is 2.15. The standard InChI is InChI=1S/C10H7FN4O3S/c1-5-13-14-10(19-5)12-9(16)7-4-6(15(17)18)2-3-8(7)11/h2-4H,1H3,(H,12,14,16). The summed E-state index contributed by atoms with van der Waals surface area (Å²) in [5.41, 5.74) is -0.776. The van der Waals surface area contributed by atoms with Crippen molar-refractivity contribution in [1.82, 2.24) is 10.2 Å². The monoisotopic (exact) mass is 282 g/mol. The molecule has 1 aromatic carbocycles. The number of nitro groups is 1. The second-order valence-corrected chi connectivity index (χ2v) is 4.68. The zero-order chi connectivity index (χ0) is 14.0. The Bertz CT molecular complexity index is 658. The molecule has 9 heteroatoms. The van der Waals surface area contributed by atoms with Gasteiger partial charge in [-0.05, 0) is 13.0 Å². The van der Waals surface area contributed by atoms with Gasteiger partial charge in [-0.1, -0.05) is 11.3 Å². The number of rotatable bonds is 3. The highest BCUT2D eigenvalue weighted by atomic mass is 32.1. The van der Waals surface area contributed by atoms with Gasteiger partial charge in [-0.25, -0.2) is 4.39 Å². The van der Waals surface area contributed by atoms with Crippen molar-refractivity contribution in [1.29, 1.82) is 0 Å². The lowest BCUT2D eigenvalue weighted by Gasteiger charge is -2.02. The summed E-state index contributed by atoms with van der Waals surface area (Å²) in [6.45, 7) is 1.70. The maximum atomic E-state index is 13.5. The Labute approximate surface area is 110 Å². The van der Waals surface area contributed by atoms with Gasteiger partial charge in [0, 0.05) is 12.1 Å². The van der Waals surface area contributed by atoms with Gasteiger partial charge in [-0.3, -0.25) is 20.2 Å². The second kappa shape index (κ2) is 5.06. The second-order valence-electron chi connectivity index (χ2n) is 3.50. The van der Waals surface area contributed by atoms with Gasteiger partial charge in [0.05, 0.1) is 10.5 Å². The van der Waals surface area contributed by atoms with E-state index in [1.165, 1.54) is 0 Å². The number of aromatic nitrogens is 2. The Morgan fingerprint density at radius 3 is 2.79 bits per heavy atom. The van der Waals surface area contributed by atoms with Crippen LogP contribution in [-0.2, 0) is 0 Å². The minimum absolute atomic E-state index is 0.202. The largest absolute Gasteiger partial charge is 0.296 e. The Morgan fingerprint density at radius 1 is 1.47 bits per heavy atom. The molecule has 0 fully saturated rings. The average Bonchev–Trinajstić information content (AvgIpc) is 2.74. The van der Waals surface area contributed by atoms with Crippen LogP contribution in [0.15, 0.2) is 18.2 Å². The Morgan fingerprint density at radius 2 is 2.21 bits per heavy atom. The van der Waals surface area contributed by atoms with E-state index in [1.807, 2.05) is 0 Å². The van der Waals surface area contributed by atoms with Gasteiger partial charge in [0.25, 0.3) is 11.6 Å². The minimum atomic E-state index is -0.843. The van der Waals surface area contributed by atoms with E-state index in [2.05, 4.69) is 15.5 Å². The van der Waals surface area contributed by atoms with Crippen LogP contribution in [0.2, 0.25) is 0 Å². The summed E-state index contributed by atoms with van der Waals surface area (Å²) >= 11 is 1.12. The highest BCUT2D eigenvalue weighted by Gasteiger charge is 2.18. The number of halogens is 1. The van der Waals surface area contributed by atoms with Crippen molar-refractivity contribution in [3.8, 4) is 0 Å². The number of hydrogen-bond acceptors (Lipinski definition) is 6. The molecular formula is C10H7FN4O3S. The number of hydrogen-bond donors (Lipinski definition) is 1. The van der Waals surface area contributed by atoms with E-state index in [1.54, 1.807) is 6.92 Å². The Balaban J connectivity index is 2.27. The number of non-ortho nitro benzene ring substituents is 1. The summed E-state index contributed by atoms with van der Waals surface area (Å²) in [7, 11) is 0. The first-order valence-corrected chi connectivity index (χ1v) is 5.84. The lowest BCUT2D eigenvalue weighted by atomic mass is 10.2. The quantitative estimate of drug-likeness (QED) is 0.687. The molecule has 0 atom stereocenters. The number of carbonyl (C=O) groups excluding carboxylic acids is 1. The number of benzene rings is 1. The number of nitro benzene ring substituents is 1. The molecular weight excluding hydrogens is 275 g/mol. The Kier molecular flexibility index (Phi) is 3.47. The van der Waals surface area contributed by atoms with Crippen LogP contribution in [-0.4, -0.2) is 21.0 Å². The zero-order valence-corrected chi connectivity index (χ0v) is 10.4. The first kappa shape index (κ1) is 13.0. The van der Waals surface area contributed by atoms with Crippen LogP contribution < -0.4 is 5.32 Å². The maximum absolute atomic E-state index is 13.5. The van der Waals surface area contributed by atoms with Crippen LogP contribution in [0, 0.1) is 22.9 Å². The number of anilines is 1. The SMILES string of the molecule is Cc1nnc(NC(=O)c2cc([N+](=O)[O-])ccc2F)s1. The summed E-state index contributed by atoms with van der Waals surface area (Å²) in [5.74, 6) is -1.65. The van der Waals surface area contributed by atoms with E-state index >= 15 is 0 Å². The van der Waals surface area contributed by atoms with E-state index < -0.39 is 22.2 Å². The molecule has 0 radical (unpaired) electrons. The van der Waals surface area contributed by atoms with E-state index in [0.717, 1.165) is 29.5 Å². The summed E-state index contributed by atoms with van der Waals surface area (Å²) in [6.07, 6.45) is 0.